The van der Waals surface area contributed by atoms with Gasteiger partial charge in [-0.15, -0.1) is 11.6 Å². The fourth-order valence-corrected chi connectivity index (χ4v) is 1.62. The van der Waals surface area contributed by atoms with Gasteiger partial charge in [-0.2, -0.15) is 4.98 Å². The maximum absolute atomic E-state index is 5.56. The van der Waals surface area contributed by atoms with E-state index in [1.165, 1.54) is 32.1 Å². The van der Waals surface area contributed by atoms with Gasteiger partial charge in [0.2, 0.25) is 5.89 Å². The van der Waals surface area contributed by atoms with Gasteiger partial charge in [-0.05, 0) is 6.42 Å². The van der Waals surface area contributed by atoms with Crippen molar-refractivity contribution in [3.05, 3.63) is 11.7 Å². The number of aryl methyl sites for hydroxylation is 1. The molecule has 0 bridgehead atoms. The lowest BCUT2D eigenvalue weighted by Gasteiger charge is -1.97. The number of alkyl halides is 1. The Morgan fingerprint density at radius 3 is 2.53 bits per heavy atom. The molecule has 0 amide bonds. The van der Waals surface area contributed by atoms with Crippen LogP contribution in [-0.2, 0) is 12.3 Å². The molecule has 1 rings (SSSR count). The lowest BCUT2D eigenvalue weighted by molar-refractivity contribution is 0.383. The molecule has 0 aromatic carbocycles. The second kappa shape index (κ2) is 7.69. The van der Waals surface area contributed by atoms with E-state index in [0.29, 0.717) is 11.8 Å². The summed E-state index contributed by atoms with van der Waals surface area (Å²) in [5.74, 6) is 1.63. The molecule has 0 aliphatic heterocycles. The van der Waals surface area contributed by atoms with E-state index in [1.807, 2.05) is 0 Å². The topological polar surface area (TPSA) is 38.9 Å². The van der Waals surface area contributed by atoms with Crippen molar-refractivity contribution in [1.29, 1.82) is 0 Å². The van der Waals surface area contributed by atoms with Crippen LogP contribution in [0.15, 0.2) is 4.52 Å². The summed E-state index contributed by atoms with van der Waals surface area (Å²) in [5, 5.41) is 3.85. The Hall–Kier alpha value is -0.570. The molecule has 0 fully saturated rings. The first kappa shape index (κ1) is 12.5. The lowest BCUT2D eigenvalue weighted by Crippen LogP contribution is -1.89. The van der Waals surface area contributed by atoms with Gasteiger partial charge in [0.15, 0.2) is 5.82 Å². The van der Waals surface area contributed by atoms with Crippen molar-refractivity contribution in [2.75, 3.05) is 0 Å². The SMILES string of the molecule is CCCCCCCCc1noc(CCl)n1. The molecule has 86 valence electrons. The van der Waals surface area contributed by atoms with Crippen LogP contribution in [-0.4, -0.2) is 10.1 Å². The van der Waals surface area contributed by atoms with E-state index < -0.39 is 0 Å². The van der Waals surface area contributed by atoms with Crippen LogP contribution in [0.4, 0.5) is 0 Å². The fraction of sp³-hybridized carbons (Fsp3) is 0.818. The van der Waals surface area contributed by atoms with Gasteiger partial charge in [0.1, 0.15) is 5.88 Å². The van der Waals surface area contributed by atoms with Crippen molar-refractivity contribution in [3.63, 3.8) is 0 Å². The van der Waals surface area contributed by atoms with E-state index in [9.17, 15) is 0 Å². The molecule has 0 N–H and O–H groups in total. The maximum atomic E-state index is 5.56. The Kier molecular flexibility index (Phi) is 6.41. The molecule has 0 saturated carbocycles. The second-order valence-electron chi connectivity index (χ2n) is 3.76. The van der Waals surface area contributed by atoms with Crippen LogP contribution in [0.5, 0.6) is 0 Å². The number of hydrogen-bond acceptors (Lipinski definition) is 3. The third-order valence-electron chi connectivity index (χ3n) is 2.38. The molecule has 3 nitrogen and oxygen atoms in total. The smallest absolute Gasteiger partial charge is 0.241 e. The minimum atomic E-state index is 0.309. The average molecular weight is 231 g/mol. The lowest BCUT2D eigenvalue weighted by atomic mass is 10.1. The molecule has 0 aliphatic carbocycles. The monoisotopic (exact) mass is 230 g/mol. The van der Waals surface area contributed by atoms with E-state index in [2.05, 4.69) is 17.1 Å². The van der Waals surface area contributed by atoms with E-state index in [4.69, 9.17) is 16.1 Å². The van der Waals surface area contributed by atoms with Crippen molar-refractivity contribution in [3.8, 4) is 0 Å². The van der Waals surface area contributed by atoms with Crippen LogP contribution >= 0.6 is 11.6 Å². The van der Waals surface area contributed by atoms with Gasteiger partial charge in [0.25, 0.3) is 0 Å². The van der Waals surface area contributed by atoms with Crippen molar-refractivity contribution in [1.82, 2.24) is 10.1 Å². The minimum Gasteiger partial charge on any atom is -0.338 e. The summed E-state index contributed by atoms with van der Waals surface area (Å²) in [7, 11) is 0. The zero-order valence-corrected chi connectivity index (χ0v) is 10.1. The molecule has 1 aromatic heterocycles. The Labute approximate surface area is 96.2 Å². The van der Waals surface area contributed by atoms with Crippen LogP contribution in [0.3, 0.4) is 0 Å². The van der Waals surface area contributed by atoms with Gasteiger partial charge in [-0.25, -0.2) is 0 Å². The van der Waals surface area contributed by atoms with Gasteiger partial charge >= 0.3 is 0 Å². The molecule has 1 heterocycles. The Balaban J connectivity index is 2.04. The van der Waals surface area contributed by atoms with E-state index in [-0.39, 0.29) is 0 Å². The highest BCUT2D eigenvalue weighted by atomic mass is 35.5. The van der Waals surface area contributed by atoms with E-state index in [1.54, 1.807) is 0 Å². The molecule has 4 heteroatoms. The van der Waals surface area contributed by atoms with Crippen molar-refractivity contribution in [2.24, 2.45) is 0 Å². The van der Waals surface area contributed by atoms with Gasteiger partial charge in [-0.3, -0.25) is 0 Å². The van der Waals surface area contributed by atoms with Crippen LogP contribution in [0.2, 0.25) is 0 Å². The molecular formula is C11H19ClN2O. The largest absolute Gasteiger partial charge is 0.338 e. The summed E-state index contributed by atoms with van der Waals surface area (Å²) < 4.78 is 4.92. The molecule has 0 radical (unpaired) electrons. The standard InChI is InChI=1S/C11H19ClN2O/c1-2-3-4-5-6-7-8-10-13-11(9-12)15-14-10/h2-9H2,1H3. The van der Waals surface area contributed by atoms with Crippen LogP contribution in [0.1, 0.15) is 57.2 Å². The predicted molar refractivity (Wildman–Crippen MR) is 60.9 cm³/mol. The van der Waals surface area contributed by atoms with Crippen molar-refractivity contribution < 1.29 is 4.52 Å². The first-order valence-corrected chi connectivity index (χ1v) is 6.27. The minimum absolute atomic E-state index is 0.309. The average Bonchev–Trinajstić information content (AvgIpc) is 2.71. The number of rotatable bonds is 8. The van der Waals surface area contributed by atoms with Gasteiger partial charge < -0.3 is 4.52 Å². The van der Waals surface area contributed by atoms with Gasteiger partial charge in [0.05, 0.1) is 0 Å². The third-order valence-corrected chi connectivity index (χ3v) is 2.61. The van der Waals surface area contributed by atoms with E-state index >= 15 is 0 Å². The summed E-state index contributed by atoms with van der Waals surface area (Å²) in [6.45, 7) is 2.23. The summed E-state index contributed by atoms with van der Waals surface area (Å²) in [4.78, 5) is 4.15. The summed E-state index contributed by atoms with van der Waals surface area (Å²) in [6.07, 6.45) is 8.61. The van der Waals surface area contributed by atoms with E-state index in [0.717, 1.165) is 18.7 Å². The number of nitrogens with zero attached hydrogens (tertiary/aromatic N) is 2. The third kappa shape index (κ3) is 5.17. The number of aromatic nitrogens is 2. The molecule has 0 aliphatic rings. The number of hydrogen-bond donors (Lipinski definition) is 0. The van der Waals surface area contributed by atoms with Gasteiger partial charge in [0, 0.05) is 6.42 Å². The van der Waals surface area contributed by atoms with Crippen molar-refractivity contribution >= 4 is 11.6 Å². The molecule has 15 heavy (non-hydrogen) atoms. The predicted octanol–water partition coefficient (Wildman–Crippen LogP) is 3.71. The summed E-state index contributed by atoms with van der Waals surface area (Å²) in [6, 6.07) is 0. The molecule has 0 unspecified atom stereocenters. The quantitative estimate of drug-likeness (QED) is 0.505. The molecule has 1 aromatic rings. The highest BCUT2D eigenvalue weighted by Crippen LogP contribution is 2.08. The van der Waals surface area contributed by atoms with Gasteiger partial charge in [-0.1, -0.05) is 44.2 Å². The summed E-state index contributed by atoms with van der Waals surface area (Å²) in [5.41, 5.74) is 0. The molecular weight excluding hydrogens is 212 g/mol. The summed E-state index contributed by atoms with van der Waals surface area (Å²) >= 11 is 5.56. The highest BCUT2D eigenvalue weighted by Gasteiger charge is 2.03. The Morgan fingerprint density at radius 1 is 1.13 bits per heavy atom. The zero-order chi connectivity index (χ0) is 10.9. The second-order valence-corrected chi connectivity index (χ2v) is 4.02. The van der Waals surface area contributed by atoms with Crippen molar-refractivity contribution in [2.45, 2.75) is 57.7 Å². The van der Waals surface area contributed by atoms with Crippen LogP contribution in [0, 0.1) is 0 Å². The molecule has 0 atom stereocenters. The Bertz CT molecular complexity index is 263. The van der Waals surface area contributed by atoms with Crippen LogP contribution < -0.4 is 0 Å². The number of unbranched alkanes of at least 4 members (excludes halogenated alkanes) is 5. The molecule has 0 spiro atoms. The maximum Gasteiger partial charge on any atom is 0.241 e. The number of halogens is 1. The first-order chi connectivity index (χ1) is 7.36. The van der Waals surface area contributed by atoms with Crippen LogP contribution in [0.25, 0.3) is 0 Å². The zero-order valence-electron chi connectivity index (χ0n) is 9.34. The first-order valence-electron chi connectivity index (χ1n) is 5.74. The fourth-order valence-electron chi connectivity index (χ4n) is 1.51. The Morgan fingerprint density at radius 2 is 1.87 bits per heavy atom. The highest BCUT2D eigenvalue weighted by molar-refractivity contribution is 6.16. The molecule has 0 saturated heterocycles. The normalized spacial score (nSPS) is 10.8.